The molecule has 260 valence electrons. The summed E-state index contributed by atoms with van der Waals surface area (Å²) in [6, 6.07) is -0.918. The van der Waals surface area contributed by atoms with Crippen molar-refractivity contribution in [3.8, 4) is 0 Å². The molecule has 0 spiro atoms. The molecule has 3 N–H and O–H groups in total. The average Bonchev–Trinajstić information content (AvgIpc) is 3.02. The monoisotopic (exact) mass is 753 g/mol. The van der Waals surface area contributed by atoms with Crippen molar-refractivity contribution in [2.75, 3.05) is 140 Å². The molecule has 0 aromatic rings. The molecular formula is C27H52IN3O13. The summed E-state index contributed by atoms with van der Waals surface area (Å²) < 4.78 is 52.6. The second kappa shape index (κ2) is 34.6. The number of nitrogens with one attached hydrogen (secondary N) is 3. The minimum atomic E-state index is -0.918. The second-order valence-corrected chi connectivity index (χ2v) is 9.37. The number of carbonyl (C=O) groups is 3. The summed E-state index contributed by atoms with van der Waals surface area (Å²) in [5.74, 6) is -1.11. The molecule has 0 rings (SSSR count). The van der Waals surface area contributed by atoms with Crippen LogP contribution in [-0.4, -0.2) is 163 Å². The molecule has 16 nitrogen and oxygen atoms in total. The molecule has 0 aliphatic carbocycles. The van der Waals surface area contributed by atoms with E-state index in [0.717, 1.165) is 0 Å². The Kier molecular flexibility index (Phi) is 33.6. The van der Waals surface area contributed by atoms with E-state index in [1.165, 1.54) is 7.05 Å². The number of likely N-dealkylation sites (N-methyl/N-ethyl adjacent to an activating group) is 1. The Morgan fingerprint density at radius 3 is 1.30 bits per heavy atom. The first-order valence-corrected chi connectivity index (χ1v) is 15.5. The molecule has 44 heavy (non-hydrogen) atoms. The molecule has 0 heterocycles. The highest BCUT2D eigenvalue weighted by molar-refractivity contribution is 14.1. The summed E-state index contributed by atoms with van der Waals surface area (Å²) in [6.07, 6.45) is 0.157. The molecule has 1 atom stereocenters. The molecule has 3 amide bonds. The first kappa shape index (κ1) is 42.7. The maximum atomic E-state index is 12.3. The highest BCUT2D eigenvalue weighted by Crippen LogP contribution is 1.92. The van der Waals surface area contributed by atoms with Crippen LogP contribution in [0, 0.1) is 0 Å². The maximum Gasteiger partial charge on any atom is 0.244 e. The van der Waals surface area contributed by atoms with Gasteiger partial charge >= 0.3 is 0 Å². The standard InChI is InChI=1S/C27H52IN3O13/c1-29-27(34)24(31-26(33)4-6-37-10-12-40-15-17-41-14-13-38-8-7-35-2)23-30-25(32)3-5-36-9-11-39-16-18-42-19-20-43-21-22-44-28/h24H,3-23H2,1-2H3,(H,29,34)(H,30,32)(H,31,33). The van der Waals surface area contributed by atoms with Gasteiger partial charge in [0.15, 0.2) is 0 Å². The van der Waals surface area contributed by atoms with Crippen molar-refractivity contribution in [1.82, 2.24) is 16.0 Å². The predicted octanol–water partition coefficient (Wildman–Crippen LogP) is -0.741. The van der Waals surface area contributed by atoms with Gasteiger partial charge in [-0.05, 0) is 0 Å². The summed E-state index contributed by atoms with van der Waals surface area (Å²) >= 11 is 1.81. The zero-order chi connectivity index (χ0) is 32.4. The maximum absolute atomic E-state index is 12.3. The first-order chi connectivity index (χ1) is 21.5. The van der Waals surface area contributed by atoms with Crippen molar-refractivity contribution in [3.63, 3.8) is 0 Å². The predicted molar refractivity (Wildman–Crippen MR) is 167 cm³/mol. The summed E-state index contributed by atoms with van der Waals surface area (Å²) in [6.45, 7) is 7.55. The van der Waals surface area contributed by atoms with E-state index in [9.17, 15) is 14.4 Å². The summed E-state index contributed by atoms with van der Waals surface area (Å²) in [5, 5.41) is 7.73. The summed E-state index contributed by atoms with van der Waals surface area (Å²) in [7, 11) is 3.07. The van der Waals surface area contributed by atoms with Gasteiger partial charge in [0.05, 0.1) is 119 Å². The van der Waals surface area contributed by atoms with Gasteiger partial charge in [0, 0.05) is 33.5 Å². The third-order valence-corrected chi connectivity index (χ3v) is 5.76. The summed E-state index contributed by atoms with van der Waals surface area (Å²) in [5.41, 5.74) is 0. The van der Waals surface area contributed by atoms with Gasteiger partial charge in [-0.25, -0.2) is 0 Å². The van der Waals surface area contributed by atoms with Crippen molar-refractivity contribution >= 4 is 40.7 Å². The van der Waals surface area contributed by atoms with Gasteiger partial charge in [0.1, 0.15) is 29.0 Å². The third-order valence-electron chi connectivity index (χ3n) is 5.32. The van der Waals surface area contributed by atoms with Crippen LogP contribution in [0.1, 0.15) is 12.8 Å². The van der Waals surface area contributed by atoms with Gasteiger partial charge in [-0.2, -0.15) is 0 Å². The van der Waals surface area contributed by atoms with E-state index in [2.05, 4.69) is 16.0 Å². The number of rotatable bonds is 34. The van der Waals surface area contributed by atoms with Crippen LogP contribution in [0.5, 0.6) is 0 Å². The molecule has 1 unspecified atom stereocenters. The molecule has 0 radical (unpaired) electrons. The quantitative estimate of drug-likeness (QED) is 0.0554. The van der Waals surface area contributed by atoms with Crippen LogP contribution >= 0.6 is 23.0 Å². The van der Waals surface area contributed by atoms with Crippen molar-refractivity contribution in [1.29, 1.82) is 0 Å². The molecule has 0 aromatic carbocycles. The topological polar surface area (TPSA) is 180 Å². The van der Waals surface area contributed by atoms with E-state index in [-0.39, 0.29) is 44.4 Å². The normalized spacial score (nSPS) is 11.8. The van der Waals surface area contributed by atoms with E-state index in [4.69, 9.17) is 45.7 Å². The highest BCUT2D eigenvalue weighted by atomic mass is 127. The van der Waals surface area contributed by atoms with Gasteiger partial charge in [-0.1, -0.05) is 0 Å². The van der Waals surface area contributed by atoms with E-state index >= 15 is 0 Å². The zero-order valence-electron chi connectivity index (χ0n) is 26.1. The largest absolute Gasteiger partial charge is 0.382 e. The highest BCUT2D eigenvalue weighted by Gasteiger charge is 2.20. The van der Waals surface area contributed by atoms with Crippen LogP contribution in [0.4, 0.5) is 0 Å². The van der Waals surface area contributed by atoms with Gasteiger partial charge < -0.3 is 61.6 Å². The first-order valence-electron chi connectivity index (χ1n) is 14.7. The minimum Gasteiger partial charge on any atom is -0.382 e. The molecular weight excluding hydrogens is 701 g/mol. The Morgan fingerprint density at radius 2 is 0.909 bits per heavy atom. The average molecular weight is 754 g/mol. The Balaban J connectivity index is 3.74. The third kappa shape index (κ3) is 30.8. The van der Waals surface area contributed by atoms with E-state index in [1.807, 2.05) is 23.0 Å². The molecule has 0 aliphatic rings. The summed E-state index contributed by atoms with van der Waals surface area (Å²) in [4.78, 5) is 36.5. The van der Waals surface area contributed by atoms with E-state index in [0.29, 0.717) is 106 Å². The Labute approximate surface area is 274 Å². The molecule has 17 heteroatoms. The molecule has 0 aromatic heterocycles. The lowest BCUT2D eigenvalue weighted by molar-refractivity contribution is -0.130. The minimum absolute atomic E-state index is 0.0543. The van der Waals surface area contributed by atoms with E-state index in [1.54, 1.807) is 7.11 Å². The smallest absolute Gasteiger partial charge is 0.244 e. The fourth-order valence-corrected chi connectivity index (χ4v) is 3.22. The number of carbonyl (C=O) groups excluding carboxylic acids is 3. The van der Waals surface area contributed by atoms with Crippen molar-refractivity contribution in [3.05, 3.63) is 0 Å². The lowest BCUT2D eigenvalue weighted by atomic mass is 10.2. The Morgan fingerprint density at radius 1 is 0.545 bits per heavy atom. The van der Waals surface area contributed by atoms with Gasteiger partial charge in [0.2, 0.25) is 17.7 Å². The molecule has 0 fully saturated rings. The number of halogens is 1. The van der Waals surface area contributed by atoms with Crippen molar-refractivity contribution in [2.45, 2.75) is 18.9 Å². The fourth-order valence-electron chi connectivity index (χ4n) is 3.04. The SMILES string of the molecule is CNC(=O)C(CNC(=O)CCOCCOCCOCCOCCOI)NC(=O)CCOCCOCCOCCOCCOC. The van der Waals surface area contributed by atoms with Crippen LogP contribution in [0.2, 0.25) is 0 Å². The van der Waals surface area contributed by atoms with Gasteiger partial charge in [0.25, 0.3) is 0 Å². The van der Waals surface area contributed by atoms with Crippen LogP contribution in [0.15, 0.2) is 0 Å². The number of methoxy groups -OCH3 is 1. The van der Waals surface area contributed by atoms with Crippen LogP contribution in [0.3, 0.4) is 0 Å². The number of hydrogen-bond acceptors (Lipinski definition) is 13. The molecule has 0 bridgehead atoms. The van der Waals surface area contributed by atoms with E-state index < -0.39 is 11.9 Å². The second-order valence-electron chi connectivity index (χ2n) is 8.74. The molecule has 0 saturated carbocycles. The lowest BCUT2D eigenvalue weighted by Crippen LogP contribution is -2.52. The Hall–Kier alpha value is -1.26. The number of amides is 3. The number of hydrogen-bond donors (Lipinski definition) is 3. The van der Waals surface area contributed by atoms with Gasteiger partial charge in [-0.3, -0.25) is 14.4 Å². The van der Waals surface area contributed by atoms with Gasteiger partial charge in [-0.15, -0.1) is 0 Å². The number of ether oxygens (including phenoxy) is 9. The zero-order valence-corrected chi connectivity index (χ0v) is 28.3. The lowest BCUT2D eigenvalue weighted by Gasteiger charge is -2.18. The van der Waals surface area contributed by atoms with Crippen LogP contribution in [-0.2, 0) is 60.1 Å². The van der Waals surface area contributed by atoms with Crippen molar-refractivity contribution in [2.24, 2.45) is 0 Å². The van der Waals surface area contributed by atoms with Crippen molar-refractivity contribution < 1.29 is 60.1 Å². The molecule has 0 aliphatic heterocycles. The molecule has 0 saturated heterocycles. The fraction of sp³-hybridized carbons (Fsp3) is 0.889. The van der Waals surface area contributed by atoms with Crippen LogP contribution in [0.25, 0.3) is 0 Å². The van der Waals surface area contributed by atoms with Crippen LogP contribution < -0.4 is 16.0 Å². The Bertz CT molecular complexity index is 683.